The summed E-state index contributed by atoms with van der Waals surface area (Å²) in [7, 11) is 0. The highest BCUT2D eigenvalue weighted by Crippen LogP contribution is 2.24. The molecule has 1 heterocycles. The molecule has 1 amide bonds. The molecule has 1 aliphatic carbocycles. The summed E-state index contributed by atoms with van der Waals surface area (Å²) in [6.45, 7) is 4.13. The van der Waals surface area contributed by atoms with Crippen LogP contribution in [0.5, 0.6) is 0 Å². The number of carbonyl (C=O) groups is 1. The molecule has 4 nitrogen and oxygen atoms in total. The molecule has 0 radical (unpaired) electrons. The lowest BCUT2D eigenvalue weighted by Crippen LogP contribution is -2.37. The van der Waals surface area contributed by atoms with Crippen LogP contribution in [0, 0.1) is 12.8 Å². The average Bonchev–Trinajstić information content (AvgIpc) is 2.32. The van der Waals surface area contributed by atoms with Gasteiger partial charge in [0.15, 0.2) is 0 Å². The molecular weight excluding hydrogens is 226 g/mol. The predicted molar refractivity (Wildman–Crippen MR) is 72.3 cm³/mol. The largest absolute Gasteiger partial charge is 0.398 e. The highest BCUT2D eigenvalue weighted by atomic mass is 16.1. The number of hydrogen-bond donors (Lipinski definition) is 2. The number of nitrogens with zero attached hydrogens (tertiary/aromatic N) is 1. The zero-order valence-corrected chi connectivity index (χ0v) is 11.1. The van der Waals surface area contributed by atoms with Crippen LogP contribution in [0.25, 0.3) is 0 Å². The highest BCUT2D eigenvalue weighted by Gasteiger charge is 2.21. The van der Waals surface area contributed by atoms with Gasteiger partial charge < -0.3 is 11.1 Å². The Kier molecular flexibility index (Phi) is 3.84. The summed E-state index contributed by atoms with van der Waals surface area (Å²) >= 11 is 0. The van der Waals surface area contributed by atoms with Crippen molar-refractivity contribution in [2.75, 3.05) is 5.73 Å². The van der Waals surface area contributed by atoms with Crippen LogP contribution in [-0.4, -0.2) is 16.9 Å². The first-order valence-electron chi connectivity index (χ1n) is 6.59. The van der Waals surface area contributed by atoms with Gasteiger partial charge in [0.05, 0.1) is 5.56 Å². The van der Waals surface area contributed by atoms with Gasteiger partial charge in [-0.3, -0.25) is 9.78 Å². The summed E-state index contributed by atoms with van der Waals surface area (Å²) in [6.07, 6.45) is 6.06. The second-order valence-electron chi connectivity index (χ2n) is 5.34. The van der Waals surface area contributed by atoms with Crippen LogP contribution < -0.4 is 11.1 Å². The van der Waals surface area contributed by atoms with E-state index in [2.05, 4.69) is 17.2 Å². The maximum absolute atomic E-state index is 12.1. The molecule has 2 rings (SSSR count). The molecule has 0 atom stereocenters. The van der Waals surface area contributed by atoms with Crippen LogP contribution >= 0.6 is 0 Å². The fraction of sp³-hybridized carbons (Fsp3) is 0.571. The van der Waals surface area contributed by atoms with Crippen molar-refractivity contribution in [1.82, 2.24) is 10.3 Å². The number of hydrogen-bond acceptors (Lipinski definition) is 3. The van der Waals surface area contributed by atoms with Gasteiger partial charge in [-0.2, -0.15) is 0 Å². The number of amides is 1. The number of nitrogen functional groups attached to an aromatic ring is 1. The predicted octanol–water partition coefficient (Wildman–Crippen LogP) is 2.28. The van der Waals surface area contributed by atoms with Crippen molar-refractivity contribution in [1.29, 1.82) is 0 Å². The first-order chi connectivity index (χ1) is 8.56. The summed E-state index contributed by atoms with van der Waals surface area (Å²) in [5.41, 5.74) is 7.67. The van der Waals surface area contributed by atoms with E-state index in [0.29, 0.717) is 11.3 Å². The number of aryl methyl sites for hydroxylation is 1. The van der Waals surface area contributed by atoms with E-state index in [1.54, 1.807) is 12.3 Å². The third-order valence-corrected chi connectivity index (χ3v) is 3.67. The number of aromatic nitrogens is 1. The SMILES string of the molecule is Cc1cc(N)c(C(=O)NC2CCC(C)CC2)cn1. The van der Waals surface area contributed by atoms with E-state index in [1.165, 1.54) is 12.8 Å². The molecule has 4 heteroatoms. The van der Waals surface area contributed by atoms with Crippen LogP contribution in [0.1, 0.15) is 48.7 Å². The van der Waals surface area contributed by atoms with Crippen LogP contribution in [0.15, 0.2) is 12.3 Å². The highest BCUT2D eigenvalue weighted by molar-refractivity contribution is 5.98. The quantitative estimate of drug-likeness (QED) is 0.842. The Hall–Kier alpha value is -1.58. The maximum Gasteiger partial charge on any atom is 0.255 e. The fourth-order valence-corrected chi connectivity index (χ4v) is 2.44. The average molecular weight is 247 g/mol. The second kappa shape index (κ2) is 5.38. The molecule has 3 N–H and O–H groups in total. The number of nitrogens with one attached hydrogen (secondary N) is 1. The molecule has 0 saturated heterocycles. The molecular formula is C14H21N3O. The zero-order chi connectivity index (χ0) is 13.1. The molecule has 1 fully saturated rings. The van der Waals surface area contributed by atoms with Gasteiger partial charge in [-0.15, -0.1) is 0 Å². The number of pyridine rings is 1. The second-order valence-corrected chi connectivity index (χ2v) is 5.34. The molecule has 18 heavy (non-hydrogen) atoms. The van der Waals surface area contributed by atoms with E-state index in [4.69, 9.17) is 5.73 Å². The molecule has 1 aromatic rings. The monoisotopic (exact) mass is 247 g/mol. The standard InChI is InChI=1S/C14H21N3O/c1-9-3-5-11(6-4-9)17-14(18)12-8-16-10(2)7-13(12)15/h7-9,11H,3-6H2,1-2H3,(H2,15,16)(H,17,18). The third-order valence-electron chi connectivity index (χ3n) is 3.67. The molecule has 0 aromatic carbocycles. The first-order valence-corrected chi connectivity index (χ1v) is 6.59. The minimum atomic E-state index is -0.0976. The third kappa shape index (κ3) is 3.00. The summed E-state index contributed by atoms with van der Waals surface area (Å²) < 4.78 is 0. The molecule has 1 saturated carbocycles. The Morgan fingerprint density at radius 2 is 2.06 bits per heavy atom. The molecule has 0 spiro atoms. The van der Waals surface area contributed by atoms with Crippen molar-refractivity contribution >= 4 is 11.6 Å². The van der Waals surface area contributed by atoms with Crippen LogP contribution in [0.2, 0.25) is 0 Å². The normalized spacial score (nSPS) is 23.7. The van der Waals surface area contributed by atoms with Crippen molar-refractivity contribution in [3.8, 4) is 0 Å². The van der Waals surface area contributed by atoms with E-state index in [9.17, 15) is 4.79 Å². The smallest absolute Gasteiger partial charge is 0.255 e. The van der Waals surface area contributed by atoms with E-state index >= 15 is 0 Å². The van der Waals surface area contributed by atoms with Gasteiger partial charge in [0, 0.05) is 23.6 Å². The molecule has 0 unspecified atom stereocenters. The van der Waals surface area contributed by atoms with E-state index in [1.807, 2.05) is 6.92 Å². The topological polar surface area (TPSA) is 68.0 Å². The molecule has 0 bridgehead atoms. The maximum atomic E-state index is 12.1. The molecule has 0 aliphatic heterocycles. The van der Waals surface area contributed by atoms with E-state index in [-0.39, 0.29) is 11.9 Å². The Bertz CT molecular complexity index is 437. The van der Waals surface area contributed by atoms with Crippen molar-refractivity contribution in [2.24, 2.45) is 5.92 Å². The lowest BCUT2D eigenvalue weighted by atomic mass is 9.87. The van der Waals surface area contributed by atoms with Crippen LogP contribution in [0.3, 0.4) is 0 Å². The zero-order valence-electron chi connectivity index (χ0n) is 11.1. The van der Waals surface area contributed by atoms with E-state index in [0.717, 1.165) is 24.5 Å². The lowest BCUT2D eigenvalue weighted by Gasteiger charge is -2.27. The van der Waals surface area contributed by atoms with Gasteiger partial charge in [0.1, 0.15) is 0 Å². The van der Waals surface area contributed by atoms with Crippen molar-refractivity contribution in [2.45, 2.75) is 45.6 Å². The summed E-state index contributed by atoms with van der Waals surface area (Å²) in [5.74, 6) is 0.684. The number of carbonyl (C=O) groups excluding carboxylic acids is 1. The minimum absolute atomic E-state index is 0.0976. The van der Waals surface area contributed by atoms with Crippen molar-refractivity contribution < 1.29 is 4.79 Å². The number of nitrogens with two attached hydrogens (primary N) is 1. The summed E-state index contributed by atoms with van der Waals surface area (Å²) in [6, 6.07) is 2.02. The van der Waals surface area contributed by atoms with Gasteiger partial charge >= 0.3 is 0 Å². The number of rotatable bonds is 2. The van der Waals surface area contributed by atoms with Gasteiger partial charge in [-0.25, -0.2) is 0 Å². The molecule has 1 aromatic heterocycles. The Morgan fingerprint density at radius 1 is 1.39 bits per heavy atom. The lowest BCUT2D eigenvalue weighted by molar-refractivity contribution is 0.0923. The minimum Gasteiger partial charge on any atom is -0.398 e. The summed E-state index contributed by atoms with van der Waals surface area (Å²) in [5, 5.41) is 3.06. The van der Waals surface area contributed by atoms with Crippen molar-refractivity contribution in [3.63, 3.8) is 0 Å². The van der Waals surface area contributed by atoms with Gasteiger partial charge in [0.25, 0.3) is 5.91 Å². The van der Waals surface area contributed by atoms with Crippen LogP contribution in [0.4, 0.5) is 5.69 Å². The van der Waals surface area contributed by atoms with Crippen molar-refractivity contribution in [3.05, 3.63) is 23.5 Å². The fourth-order valence-electron chi connectivity index (χ4n) is 2.44. The van der Waals surface area contributed by atoms with Crippen LogP contribution in [-0.2, 0) is 0 Å². The van der Waals surface area contributed by atoms with Gasteiger partial charge in [0.2, 0.25) is 0 Å². The first kappa shape index (κ1) is 12.9. The Morgan fingerprint density at radius 3 is 2.67 bits per heavy atom. The Labute approximate surface area is 108 Å². The number of anilines is 1. The molecule has 1 aliphatic rings. The van der Waals surface area contributed by atoms with Gasteiger partial charge in [-0.1, -0.05) is 6.92 Å². The summed E-state index contributed by atoms with van der Waals surface area (Å²) in [4.78, 5) is 16.2. The molecule has 98 valence electrons. The Balaban J connectivity index is 1.99. The van der Waals surface area contributed by atoms with E-state index < -0.39 is 0 Å². The van der Waals surface area contributed by atoms with Gasteiger partial charge in [-0.05, 0) is 44.6 Å².